The first-order valence-corrected chi connectivity index (χ1v) is 11.6. The van der Waals surface area contributed by atoms with Crippen molar-refractivity contribution in [1.29, 1.82) is 0 Å². The summed E-state index contributed by atoms with van der Waals surface area (Å²) in [5.74, 6) is 1.60. The number of allylic oxidation sites excluding steroid dienone is 1. The van der Waals surface area contributed by atoms with Crippen molar-refractivity contribution in [3.8, 4) is 5.75 Å². The van der Waals surface area contributed by atoms with Gasteiger partial charge in [0, 0.05) is 18.3 Å². The molecule has 0 saturated carbocycles. The molecule has 8 heteroatoms. The van der Waals surface area contributed by atoms with Gasteiger partial charge in [0.05, 0.1) is 35.0 Å². The largest absolute Gasteiger partial charge is 0.497 e. The number of nitrogens with zero attached hydrogens (tertiary/aromatic N) is 3. The molecular weight excluding hydrogens is 459 g/mol. The number of methoxy groups -OCH3 is 1. The third kappa shape index (κ3) is 3.87. The molecule has 3 aromatic rings. The minimum Gasteiger partial charge on any atom is -0.497 e. The van der Waals surface area contributed by atoms with Gasteiger partial charge < -0.3 is 15.0 Å². The van der Waals surface area contributed by atoms with Gasteiger partial charge in [-0.3, -0.25) is 4.79 Å². The van der Waals surface area contributed by atoms with Crippen molar-refractivity contribution in [3.63, 3.8) is 0 Å². The number of nitrogens with one attached hydrogen (secondary N) is 1. The maximum Gasteiger partial charge on any atom is 0.254 e. The quantitative estimate of drug-likeness (QED) is 0.506. The predicted octanol–water partition coefficient (Wildman–Crippen LogP) is 5.85. The van der Waals surface area contributed by atoms with Crippen LogP contribution in [-0.2, 0) is 4.79 Å². The molecule has 1 unspecified atom stereocenters. The van der Waals surface area contributed by atoms with Crippen LogP contribution in [-0.4, -0.2) is 34.2 Å². The molecule has 1 saturated heterocycles. The maximum atomic E-state index is 14.1. The summed E-state index contributed by atoms with van der Waals surface area (Å²) in [5, 5.41) is 8.78. The molecule has 2 aliphatic rings. The second kappa shape index (κ2) is 8.76. The van der Waals surface area contributed by atoms with E-state index in [1.807, 2.05) is 52.9 Å². The Labute approximate surface area is 202 Å². The van der Waals surface area contributed by atoms with E-state index in [2.05, 4.69) is 16.5 Å². The number of benzene rings is 2. The predicted molar refractivity (Wildman–Crippen MR) is 130 cm³/mol. The first kappa shape index (κ1) is 21.9. The van der Waals surface area contributed by atoms with Gasteiger partial charge in [-0.25, -0.2) is 4.68 Å². The number of fused-ring (bicyclic) bond motifs is 1. The second-order valence-electron chi connectivity index (χ2n) is 8.33. The van der Waals surface area contributed by atoms with Gasteiger partial charge in [-0.2, -0.15) is 5.10 Å². The molecule has 2 aliphatic heterocycles. The van der Waals surface area contributed by atoms with Crippen molar-refractivity contribution >= 4 is 34.9 Å². The third-order valence-electron chi connectivity index (χ3n) is 6.39. The smallest absolute Gasteiger partial charge is 0.254 e. The van der Waals surface area contributed by atoms with E-state index in [1.165, 1.54) is 0 Å². The van der Waals surface area contributed by atoms with Crippen LogP contribution in [0.4, 0.5) is 5.82 Å². The van der Waals surface area contributed by atoms with Crippen molar-refractivity contribution in [2.24, 2.45) is 0 Å². The lowest BCUT2D eigenvalue weighted by Gasteiger charge is -2.34. The van der Waals surface area contributed by atoms with Crippen molar-refractivity contribution < 1.29 is 9.53 Å². The lowest BCUT2D eigenvalue weighted by molar-refractivity contribution is -0.128. The summed E-state index contributed by atoms with van der Waals surface area (Å²) in [6.07, 6.45) is 3.57. The maximum absolute atomic E-state index is 14.1. The summed E-state index contributed by atoms with van der Waals surface area (Å²) < 4.78 is 7.24. The number of likely N-dealkylation sites (tertiary alicyclic amines) is 1. The number of aromatic nitrogens is 2. The van der Waals surface area contributed by atoms with Crippen LogP contribution < -0.4 is 10.1 Å². The van der Waals surface area contributed by atoms with Gasteiger partial charge in [0.25, 0.3) is 5.91 Å². The number of carbonyl (C=O) groups is 1. The van der Waals surface area contributed by atoms with E-state index >= 15 is 0 Å². The molecule has 0 aliphatic carbocycles. The van der Waals surface area contributed by atoms with E-state index < -0.39 is 6.04 Å². The second-order valence-corrected chi connectivity index (χ2v) is 9.15. The zero-order chi connectivity index (χ0) is 23.1. The van der Waals surface area contributed by atoms with Gasteiger partial charge in [-0.15, -0.1) is 0 Å². The summed E-state index contributed by atoms with van der Waals surface area (Å²) in [6.45, 7) is 2.63. The van der Waals surface area contributed by atoms with Crippen molar-refractivity contribution in [1.82, 2.24) is 14.7 Å². The molecule has 1 aromatic heterocycles. The molecule has 3 heterocycles. The number of amides is 1. The van der Waals surface area contributed by atoms with Crippen molar-refractivity contribution in [3.05, 3.63) is 87.2 Å². The standard InChI is InChI=1S/C25H24Cl2N4O2/c1-15-23(25(32)30-12-4-7-21(30)16-5-3-6-18(13-16)33-2)24(31-22(29-15)10-11-28-31)17-8-9-19(26)20(27)14-17/h3,5-6,8-11,13-14,21,24,29H,4,7,12H2,1-2H3/t21-,24?/m0/s1. The van der Waals surface area contributed by atoms with Gasteiger partial charge in [0.15, 0.2) is 0 Å². The fraction of sp³-hybridized carbons (Fsp3) is 0.280. The zero-order valence-corrected chi connectivity index (χ0v) is 19.9. The van der Waals surface area contributed by atoms with Crippen molar-refractivity contribution in [2.75, 3.05) is 19.0 Å². The van der Waals surface area contributed by atoms with E-state index in [-0.39, 0.29) is 11.9 Å². The number of hydrogen-bond acceptors (Lipinski definition) is 4. The Hall–Kier alpha value is -2.96. The minimum absolute atomic E-state index is 0.0115. The SMILES string of the molecule is COc1cccc([C@@H]2CCCN2C(=O)C2=C(C)Nc3ccnn3C2c2ccc(Cl)c(Cl)c2)c1. The topological polar surface area (TPSA) is 59.4 Å². The van der Waals surface area contributed by atoms with Crippen LogP contribution in [0.2, 0.25) is 10.0 Å². The highest BCUT2D eigenvalue weighted by Gasteiger charge is 2.39. The molecule has 6 nitrogen and oxygen atoms in total. The normalized spacial score (nSPS) is 19.9. The molecule has 1 amide bonds. The highest BCUT2D eigenvalue weighted by molar-refractivity contribution is 6.42. The summed E-state index contributed by atoms with van der Waals surface area (Å²) in [4.78, 5) is 16.1. The molecule has 2 aromatic carbocycles. The first-order chi connectivity index (χ1) is 16.0. The summed E-state index contributed by atoms with van der Waals surface area (Å²) in [7, 11) is 1.65. The molecule has 0 spiro atoms. The Morgan fingerprint density at radius 2 is 1.97 bits per heavy atom. The monoisotopic (exact) mass is 482 g/mol. The lowest BCUT2D eigenvalue weighted by Crippen LogP contribution is -2.38. The van der Waals surface area contributed by atoms with E-state index in [0.29, 0.717) is 22.2 Å². The summed E-state index contributed by atoms with van der Waals surface area (Å²) >= 11 is 12.5. The van der Waals surface area contributed by atoms with E-state index in [0.717, 1.165) is 41.2 Å². The highest BCUT2D eigenvalue weighted by atomic mass is 35.5. The Morgan fingerprint density at radius 1 is 1.12 bits per heavy atom. The molecule has 0 radical (unpaired) electrons. The number of hydrogen-bond donors (Lipinski definition) is 1. The van der Waals surface area contributed by atoms with Crippen LogP contribution in [0.3, 0.4) is 0 Å². The van der Waals surface area contributed by atoms with Gasteiger partial charge in [-0.05, 0) is 55.2 Å². The number of halogens is 2. The molecule has 2 atom stereocenters. The number of anilines is 1. The number of rotatable bonds is 4. The molecule has 0 bridgehead atoms. The van der Waals surface area contributed by atoms with E-state index in [4.69, 9.17) is 27.9 Å². The van der Waals surface area contributed by atoms with E-state index in [1.54, 1.807) is 19.4 Å². The molecule has 1 fully saturated rings. The molecular formula is C25H24Cl2N4O2. The fourth-order valence-corrected chi connectivity index (χ4v) is 5.14. The molecule has 33 heavy (non-hydrogen) atoms. The molecule has 170 valence electrons. The van der Waals surface area contributed by atoms with Gasteiger partial charge in [0.1, 0.15) is 17.6 Å². The van der Waals surface area contributed by atoms with Gasteiger partial charge in [-0.1, -0.05) is 41.4 Å². The molecule has 5 rings (SSSR count). The van der Waals surface area contributed by atoms with Crippen LogP contribution >= 0.6 is 23.2 Å². The Morgan fingerprint density at radius 3 is 2.76 bits per heavy atom. The van der Waals surface area contributed by atoms with Gasteiger partial charge >= 0.3 is 0 Å². The van der Waals surface area contributed by atoms with E-state index in [9.17, 15) is 4.79 Å². The number of carbonyl (C=O) groups excluding carboxylic acids is 1. The summed E-state index contributed by atoms with van der Waals surface area (Å²) in [6, 6.07) is 14.9. The fourth-order valence-electron chi connectivity index (χ4n) is 4.83. The van der Waals surface area contributed by atoms with Crippen LogP contribution in [0, 0.1) is 0 Å². The Bertz CT molecular complexity index is 1250. The van der Waals surface area contributed by atoms with Crippen LogP contribution in [0.15, 0.2) is 66.0 Å². The average Bonchev–Trinajstić information content (AvgIpc) is 3.49. The van der Waals surface area contributed by atoms with Crippen molar-refractivity contribution in [2.45, 2.75) is 31.8 Å². The van der Waals surface area contributed by atoms with Gasteiger partial charge in [0.2, 0.25) is 0 Å². The third-order valence-corrected chi connectivity index (χ3v) is 7.13. The average molecular weight is 483 g/mol. The Balaban J connectivity index is 1.56. The molecule has 1 N–H and O–H groups in total. The minimum atomic E-state index is -0.412. The highest BCUT2D eigenvalue weighted by Crippen LogP contribution is 2.41. The van der Waals surface area contributed by atoms with Crippen LogP contribution in [0.1, 0.15) is 43.0 Å². The van der Waals surface area contributed by atoms with Crippen LogP contribution in [0.5, 0.6) is 5.75 Å². The van der Waals surface area contributed by atoms with Crippen LogP contribution in [0.25, 0.3) is 0 Å². The summed E-state index contributed by atoms with van der Waals surface area (Å²) in [5.41, 5.74) is 3.39. The first-order valence-electron chi connectivity index (χ1n) is 10.9. The lowest BCUT2D eigenvalue weighted by atomic mass is 9.93. The number of ether oxygens (including phenoxy) is 1. The Kier molecular flexibility index (Phi) is 5.81. The zero-order valence-electron chi connectivity index (χ0n) is 18.4.